The number of amides is 1. The highest BCUT2D eigenvalue weighted by Gasteiger charge is 2.19. The van der Waals surface area contributed by atoms with Crippen LogP contribution in [0.3, 0.4) is 0 Å². The van der Waals surface area contributed by atoms with Crippen LogP contribution < -0.4 is 5.32 Å². The fourth-order valence-electron chi connectivity index (χ4n) is 2.05. The number of hydrogen-bond acceptors (Lipinski definition) is 2. The van der Waals surface area contributed by atoms with Crippen LogP contribution in [0.25, 0.3) is 0 Å². The third-order valence-electron chi connectivity index (χ3n) is 3.45. The molecule has 1 amide bonds. The van der Waals surface area contributed by atoms with Gasteiger partial charge in [-0.25, -0.2) is 8.78 Å². The van der Waals surface area contributed by atoms with Gasteiger partial charge in [-0.05, 0) is 18.1 Å². The molecule has 0 aliphatic rings. The zero-order valence-corrected chi connectivity index (χ0v) is 11.8. The van der Waals surface area contributed by atoms with Crippen molar-refractivity contribution in [3.63, 3.8) is 0 Å². The van der Waals surface area contributed by atoms with Crippen LogP contribution >= 0.6 is 0 Å². The quantitative estimate of drug-likeness (QED) is 0.809. The van der Waals surface area contributed by atoms with E-state index < -0.39 is 23.3 Å². The van der Waals surface area contributed by atoms with Crippen LogP contribution in [-0.2, 0) is 4.79 Å². The molecule has 2 N–H and O–H groups in total. The van der Waals surface area contributed by atoms with Gasteiger partial charge in [0.1, 0.15) is 17.7 Å². The minimum Gasteiger partial charge on any atom is -0.386 e. The lowest BCUT2D eigenvalue weighted by Gasteiger charge is -2.16. The Hall–Kier alpha value is -1.49. The lowest BCUT2D eigenvalue weighted by molar-refractivity contribution is -0.122. The zero-order valence-electron chi connectivity index (χ0n) is 11.8. The average molecular weight is 285 g/mol. The summed E-state index contributed by atoms with van der Waals surface area (Å²) in [5, 5.41) is 12.3. The number of hydrogen-bond donors (Lipinski definition) is 2. The lowest BCUT2D eigenvalue weighted by Crippen LogP contribution is -2.30. The summed E-state index contributed by atoms with van der Waals surface area (Å²) >= 11 is 0. The van der Waals surface area contributed by atoms with Crippen molar-refractivity contribution < 1.29 is 18.7 Å². The number of rotatable bonds is 7. The Morgan fingerprint density at radius 3 is 2.30 bits per heavy atom. The summed E-state index contributed by atoms with van der Waals surface area (Å²) in [6.07, 6.45) is 0.768. The Bertz CT molecular complexity index is 427. The van der Waals surface area contributed by atoms with E-state index in [1.807, 2.05) is 13.8 Å². The Kier molecular flexibility index (Phi) is 6.58. The molecule has 0 saturated carbocycles. The van der Waals surface area contributed by atoms with Crippen molar-refractivity contribution in [3.8, 4) is 0 Å². The van der Waals surface area contributed by atoms with Crippen LogP contribution in [0.1, 0.15) is 44.8 Å². The summed E-state index contributed by atoms with van der Waals surface area (Å²) in [4.78, 5) is 11.7. The maximum Gasteiger partial charge on any atom is 0.220 e. The van der Waals surface area contributed by atoms with Gasteiger partial charge >= 0.3 is 0 Å². The molecule has 0 bridgehead atoms. The zero-order chi connectivity index (χ0) is 15.1. The van der Waals surface area contributed by atoms with E-state index in [-0.39, 0.29) is 18.4 Å². The van der Waals surface area contributed by atoms with Crippen molar-refractivity contribution in [2.24, 2.45) is 5.92 Å². The molecule has 1 unspecified atom stereocenters. The molecule has 20 heavy (non-hydrogen) atoms. The molecule has 0 fully saturated rings. The van der Waals surface area contributed by atoms with E-state index in [2.05, 4.69) is 5.32 Å². The summed E-state index contributed by atoms with van der Waals surface area (Å²) in [6.45, 7) is 3.81. The molecule has 5 heteroatoms. The predicted molar refractivity (Wildman–Crippen MR) is 73.0 cm³/mol. The van der Waals surface area contributed by atoms with E-state index in [0.29, 0.717) is 6.42 Å². The van der Waals surface area contributed by atoms with Crippen molar-refractivity contribution in [3.05, 3.63) is 35.4 Å². The summed E-state index contributed by atoms with van der Waals surface area (Å²) in [6, 6.07) is 3.38. The van der Waals surface area contributed by atoms with Gasteiger partial charge < -0.3 is 10.4 Å². The van der Waals surface area contributed by atoms with Crippen molar-refractivity contribution in [2.75, 3.05) is 6.54 Å². The number of aliphatic hydroxyl groups is 1. The van der Waals surface area contributed by atoms with E-state index in [1.165, 1.54) is 6.07 Å². The highest BCUT2D eigenvalue weighted by Crippen LogP contribution is 2.20. The average Bonchev–Trinajstić information content (AvgIpc) is 2.42. The summed E-state index contributed by atoms with van der Waals surface area (Å²) in [7, 11) is 0. The number of nitrogens with one attached hydrogen (secondary N) is 1. The molecule has 0 spiro atoms. The highest BCUT2D eigenvalue weighted by molar-refractivity contribution is 5.76. The first kappa shape index (κ1) is 16.6. The number of carbonyl (C=O) groups excluding carboxylic acids is 1. The molecule has 3 nitrogen and oxygen atoms in total. The smallest absolute Gasteiger partial charge is 0.220 e. The maximum atomic E-state index is 13.4. The van der Waals surface area contributed by atoms with Gasteiger partial charge in [0, 0.05) is 13.0 Å². The number of halogens is 2. The Morgan fingerprint density at radius 1 is 1.25 bits per heavy atom. The number of benzene rings is 1. The molecule has 0 radical (unpaired) electrons. The van der Waals surface area contributed by atoms with Gasteiger partial charge in [-0.2, -0.15) is 0 Å². The minimum absolute atomic E-state index is 0.198. The summed E-state index contributed by atoms with van der Waals surface area (Å²) < 4.78 is 26.9. The fraction of sp³-hybridized carbons (Fsp3) is 0.533. The maximum absolute atomic E-state index is 13.4. The Morgan fingerprint density at radius 2 is 1.80 bits per heavy atom. The molecular formula is C15H21F2NO2. The molecule has 0 heterocycles. The van der Waals surface area contributed by atoms with Crippen LogP contribution in [0, 0.1) is 17.6 Å². The molecule has 0 aliphatic carbocycles. The van der Waals surface area contributed by atoms with Crippen LogP contribution in [-0.4, -0.2) is 17.6 Å². The van der Waals surface area contributed by atoms with Crippen LogP contribution in [0.5, 0.6) is 0 Å². The van der Waals surface area contributed by atoms with Gasteiger partial charge in [-0.1, -0.05) is 32.8 Å². The Balaban J connectivity index is 2.55. The third-order valence-corrected chi connectivity index (χ3v) is 3.45. The Labute approximate surface area is 118 Å². The molecule has 1 rings (SSSR count). The predicted octanol–water partition coefficient (Wildman–Crippen LogP) is 2.94. The molecule has 1 aromatic rings. The van der Waals surface area contributed by atoms with Crippen LogP contribution in [0.15, 0.2) is 18.2 Å². The molecule has 1 atom stereocenters. The third kappa shape index (κ3) is 4.56. The second-order valence-electron chi connectivity index (χ2n) is 4.84. The van der Waals surface area contributed by atoms with Gasteiger partial charge in [0.2, 0.25) is 5.91 Å². The first-order valence-electron chi connectivity index (χ1n) is 6.88. The van der Waals surface area contributed by atoms with Crippen molar-refractivity contribution >= 4 is 5.91 Å². The second-order valence-corrected chi connectivity index (χ2v) is 4.84. The largest absolute Gasteiger partial charge is 0.386 e. The molecule has 112 valence electrons. The lowest BCUT2D eigenvalue weighted by atomic mass is 9.99. The summed E-state index contributed by atoms with van der Waals surface area (Å²) in [5.74, 6) is -1.55. The first-order valence-corrected chi connectivity index (χ1v) is 6.88. The van der Waals surface area contributed by atoms with Crippen LogP contribution in [0.4, 0.5) is 8.78 Å². The van der Waals surface area contributed by atoms with Gasteiger partial charge in [-0.3, -0.25) is 4.79 Å². The number of carbonyl (C=O) groups is 1. The van der Waals surface area contributed by atoms with Crippen LogP contribution in [0.2, 0.25) is 0 Å². The monoisotopic (exact) mass is 285 g/mol. The van der Waals surface area contributed by atoms with Crippen molar-refractivity contribution in [1.29, 1.82) is 0 Å². The normalized spacial score (nSPS) is 12.5. The van der Waals surface area contributed by atoms with E-state index in [9.17, 15) is 18.7 Å². The van der Waals surface area contributed by atoms with Gasteiger partial charge in [0.15, 0.2) is 0 Å². The van der Waals surface area contributed by atoms with E-state index >= 15 is 0 Å². The van der Waals surface area contributed by atoms with Gasteiger partial charge in [-0.15, -0.1) is 0 Å². The number of aliphatic hydroxyl groups excluding tert-OH is 1. The first-order chi connectivity index (χ1) is 9.49. The molecule has 0 aromatic heterocycles. The van der Waals surface area contributed by atoms with E-state index in [4.69, 9.17) is 0 Å². The standard InChI is InChI=1S/C15H21F2NO2/c1-3-10(4-2)8-14(20)18-9-13(19)15-11(16)6-5-7-12(15)17/h5-7,10,13,19H,3-4,8-9H2,1-2H3,(H,18,20). The van der Waals surface area contributed by atoms with Gasteiger partial charge in [0.25, 0.3) is 0 Å². The molecule has 1 aromatic carbocycles. The molecule has 0 saturated heterocycles. The molecule has 0 aliphatic heterocycles. The highest BCUT2D eigenvalue weighted by atomic mass is 19.1. The second kappa shape index (κ2) is 7.94. The summed E-state index contributed by atoms with van der Waals surface area (Å²) in [5.41, 5.74) is -0.407. The topological polar surface area (TPSA) is 49.3 Å². The SMILES string of the molecule is CCC(CC)CC(=O)NCC(O)c1c(F)cccc1F. The fourth-order valence-corrected chi connectivity index (χ4v) is 2.05. The van der Waals surface area contributed by atoms with Crippen molar-refractivity contribution in [2.45, 2.75) is 39.2 Å². The molecular weight excluding hydrogens is 264 g/mol. The minimum atomic E-state index is -1.39. The van der Waals surface area contributed by atoms with E-state index in [1.54, 1.807) is 0 Å². The van der Waals surface area contributed by atoms with Gasteiger partial charge in [0.05, 0.1) is 5.56 Å². The van der Waals surface area contributed by atoms with E-state index in [0.717, 1.165) is 25.0 Å². The van der Waals surface area contributed by atoms with Crippen molar-refractivity contribution in [1.82, 2.24) is 5.32 Å².